The van der Waals surface area contributed by atoms with Gasteiger partial charge in [0, 0.05) is 33.2 Å². The van der Waals surface area contributed by atoms with Gasteiger partial charge in [0.05, 0.1) is 0 Å². The van der Waals surface area contributed by atoms with Crippen molar-refractivity contribution in [1.29, 1.82) is 0 Å². The number of halogens is 1. The Hall–Kier alpha value is -0.820. The third-order valence-corrected chi connectivity index (χ3v) is 4.13. The molecule has 0 saturated heterocycles. The van der Waals surface area contributed by atoms with Gasteiger partial charge < -0.3 is 15.1 Å². The molecule has 1 atom stereocenters. The van der Waals surface area contributed by atoms with Gasteiger partial charge >= 0.3 is 0 Å². The molecule has 0 spiro atoms. The Morgan fingerprint density at radius 3 is 2.36 bits per heavy atom. The topological polar surface area (TPSA) is 30.9 Å². The zero-order valence-electron chi connectivity index (χ0n) is 14.1. The van der Waals surface area contributed by atoms with Crippen molar-refractivity contribution in [3.05, 3.63) is 35.9 Å². The molecule has 0 radical (unpaired) electrons. The minimum Gasteiger partial charge on any atom is -0.355 e. The summed E-state index contributed by atoms with van der Waals surface area (Å²) in [6.45, 7) is 1.83. The van der Waals surface area contributed by atoms with Crippen LogP contribution in [0.4, 0.5) is 0 Å². The van der Waals surface area contributed by atoms with Crippen LogP contribution < -0.4 is 5.32 Å². The highest BCUT2D eigenvalue weighted by Gasteiger charge is 2.32. The fraction of sp³-hybridized carbons (Fsp3) is 0.588. The first-order valence-corrected chi connectivity index (χ1v) is 7.74. The van der Waals surface area contributed by atoms with Crippen LogP contribution >= 0.6 is 24.0 Å². The van der Waals surface area contributed by atoms with E-state index in [-0.39, 0.29) is 24.0 Å². The minimum absolute atomic E-state index is 0. The summed E-state index contributed by atoms with van der Waals surface area (Å²) in [7, 11) is 8.28. The standard InChI is InChI=1S/C17H28N4.HI/c1-18-17(19-12-16(20(2)3)15-10-11-15)21(4)13-14-8-6-5-7-9-14;/h5-9,15-16H,10-13H2,1-4H3,(H,18,19);1H. The van der Waals surface area contributed by atoms with Crippen molar-refractivity contribution < 1.29 is 0 Å². The molecular formula is C17H29IN4. The van der Waals surface area contributed by atoms with Gasteiger partial charge in [-0.2, -0.15) is 0 Å². The smallest absolute Gasteiger partial charge is 0.193 e. The van der Waals surface area contributed by atoms with Crippen LogP contribution in [0.15, 0.2) is 35.3 Å². The van der Waals surface area contributed by atoms with Crippen molar-refractivity contribution in [2.45, 2.75) is 25.4 Å². The zero-order chi connectivity index (χ0) is 15.2. The fourth-order valence-corrected chi connectivity index (χ4v) is 2.76. The van der Waals surface area contributed by atoms with Crippen LogP contribution in [0.3, 0.4) is 0 Å². The number of likely N-dealkylation sites (N-methyl/N-ethyl adjacent to an activating group) is 1. The third-order valence-electron chi connectivity index (χ3n) is 4.13. The van der Waals surface area contributed by atoms with Gasteiger partial charge in [0.1, 0.15) is 0 Å². The lowest BCUT2D eigenvalue weighted by Crippen LogP contribution is -2.46. The van der Waals surface area contributed by atoms with E-state index < -0.39 is 0 Å². The predicted octanol–water partition coefficient (Wildman–Crippen LogP) is 2.65. The van der Waals surface area contributed by atoms with E-state index in [1.807, 2.05) is 13.1 Å². The molecule has 1 unspecified atom stereocenters. The molecule has 1 N–H and O–H groups in total. The molecule has 124 valence electrons. The molecule has 4 nitrogen and oxygen atoms in total. The number of hydrogen-bond acceptors (Lipinski definition) is 2. The summed E-state index contributed by atoms with van der Waals surface area (Å²) in [6.07, 6.45) is 2.73. The van der Waals surface area contributed by atoms with Crippen LogP contribution in [-0.2, 0) is 6.54 Å². The quantitative estimate of drug-likeness (QED) is 0.440. The molecule has 5 heteroatoms. The second kappa shape index (κ2) is 9.35. The Morgan fingerprint density at radius 2 is 1.86 bits per heavy atom. The monoisotopic (exact) mass is 416 g/mol. The summed E-state index contributed by atoms with van der Waals surface area (Å²) in [5, 5.41) is 3.53. The molecule has 0 heterocycles. The van der Waals surface area contributed by atoms with E-state index >= 15 is 0 Å². The maximum absolute atomic E-state index is 4.41. The first kappa shape index (κ1) is 19.2. The lowest BCUT2D eigenvalue weighted by atomic mass is 10.1. The van der Waals surface area contributed by atoms with E-state index in [0.717, 1.165) is 25.0 Å². The highest BCUT2D eigenvalue weighted by molar-refractivity contribution is 14.0. The number of guanidine groups is 1. The molecule has 1 aliphatic carbocycles. The van der Waals surface area contributed by atoms with Gasteiger partial charge in [-0.3, -0.25) is 4.99 Å². The molecule has 0 bridgehead atoms. The Balaban J connectivity index is 0.00000242. The van der Waals surface area contributed by atoms with Crippen LogP contribution in [0.25, 0.3) is 0 Å². The number of aliphatic imine (C=N–C) groups is 1. The third kappa shape index (κ3) is 5.76. The molecule has 22 heavy (non-hydrogen) atoms. The summed E-state index contributed by atoms with van der Waals surface area (Å²) in [4.78, 5) is 8.91. The van der Waals surface area contributed by atoms with Crippen molar-refractivity contribution in [3.8, 4) is 0 Å². The van der Waals surface area contributed by atoms with Crippen molar-refractivity contribution in [2.24, 2.45) is 10.9 Å². The van der Waals surface area contributed by atoms with E-state index in [4.69, 9.17) is 0 Å². The van der Waals surface area contributed by atoms with Crippen LogP contribution in [0.5, 0.6) is 0 Å². The van der Waals surface area contributed by atoms with Gasteiger partial charge in [0.25, 0.3) is 0 Å². The average molecular weight is 416 g/mol. The van der Waals surface area contributed by atoms with Crippen LogP contribution in [0.1, 0.15) is 18.4 Å². The molecule has 1 aromatic rings. The maximum Gasteiger partial charge on any atom is 0.193 e. The normalized spacial score (nSPS) is 16.1. The molecular weight excluding hydrogens is 387 g/mol. The van der Waals surface area contributed by atoms with Crippen molar-refractivity contribution in [1.82, 2.24) is 15.1 Å². The molecule has 2 rings (SSSR count). The lowest BCUT2D eigenvalue weighted by molar-refractivity contribution is 0.262. The molecule has 1 saturated carbocycles. The van der Waals surface area contributed by atoms with Crippen molar-refractivity contribution >= 4 is 29.9 Å². The molecule has 0 amide bonds. The van der Waals surface area contributed by atoms with Gasteiger partial charge in [-0.15, -0.1) is 24.0 Å². The molecule has 1 aromatic carbocycles. The van der Waals surface area contributed by atoms with E-state index in [0.29, 0.717) is 6.04 Å². The van der Waals surface area contributed by atoms with E-state index in [1.54, 1.807) is 0 Å². The highest BCUT2D eigenvalue weighted by Crippen LogP contribution is 2.34. The Bertz CT molecular complexity index is 455. The molecule has 0 aromatic heterocycles. The number of hydrogen-bond donors (Lipinski definition) is 1. The average Bonchev–Trinajstić information content (AvgIpc) is 3.28. The number of rotatable bonds is 6. The summed E-state index contributed by atoms with van der Waals surface area (Å²) in [5.41, 5.74) is 1.30. The summed E-state index contributed by atoms with van der Waals surface area (Å²) in [6, 6.07) is 11.1. The van der Waals surface area contributed by atoms with Crippen molar-refractivity contribution in [2.75, 3.05) is 34.7 Å². The van der Waals surface area contributed by atoms with E-state index in [2.05, 4.69) is 65.5 Å². The first-order valence-electron chi connectivity index (χ1n) is 7.74. The van der Waals surface area contributed by atoms with Gasteiger partial charge in [-0.25, -0.2) is 0 Å². The molecule has 1 aliphatic rings. The second-order valence-corrected chi connectivity index (χ2v) is 6.14. The Labute approximate surface area is 152 Å². The molecule has 0 aliphatic heterocycles. The summed E-state index contributed by atoms with van der Waals surface area (Å²) in [5.74, 6) is 1.82. The number of nitrogens with one attached hydrogen (secondary N) is 1. The predicted molar refractivity (Wildman–Crippen MR) is 105 cm³/mol. The minimum atomic E-state index is 0. The number of nitrogens with zero attached hydrogens (tertiary/aromatic N) is 3. The Morgan fingerprint density at radius 1 is 1.23 bits per heavy atom. The van der Waals surface area contributed by atoms with Crippen LogP contribution in [0.2, 0.25) is 0 Å². The maximum atomic E-state index is 4.41. The lowest BCUT2D eigenvalue weighted by Gasteiger charge is -2.28. The largest absolute Gasteiger partial charge is 0.355 e. The van der Waals surface area contributed by atoms with Crippen LogP contribution in [-0.4, -0.2) is 56.5 Å². The summed E-state index contributed by atoms with van der Waals surface area (Å²) >= 11 is 0. The van der Waals surface area contributed by atoms with Crippen LogP contribution in [0, 0.1) is 5.92 Å². The van der Waals surface area contributed by atoms with Crippen molar-refractivity contribution in [3.63, 3.8) is 0 Å². The first-order chi connectivity index (χ1) is 10.1. The summed E-state index contributed by atoms with van der Waals surface area (Å²) < 4.78 is 0. The zero-order valence-corrected chi connectivity index (χ0v) is 16.5. The van der Waals surface area contributed by atoms with E-state index in [9.17, 15) is 0 Å². The van der Waals surface area contributed by atoms with Gasteiger partial charge in [-0.05, 0) is 38.4 Å². The fourth-order valence-electron chi connectivity index (χ4n) is 2.76. The second-order valence-electron chi connectivity index (χ2n) is 6.14. The van der Waals surface area contributed by atoms with Gasteiger partial charge in [0.2, 0.25) is 0 Å². The van der Waals surface area contributed by atoms with E-state index in [1.165, 1.54) is 18.4 Å². The Kier molecular flexibility index (Phi) is 8.17. The van der Waals surface area contributed by atoms with Gasteiger partial charge in [-0.1, -0.05) is 30.3 Å². The SMILES string of the molecule is CN=C(NCC(C1CC1)N(C)C)N(C)Cc1ccccc1.I. The van der Waals surface area contributed by atoms with Gasteiger partial charge in [0.15, 0.2) is 5.96 Å². The molecule has 1 fully saturated rings. The number of benzene rings is 1. The highest BCUT2D eigenvalue weighted by atomic mass is 127.